The topological polar surface area (TPSA) is 75.4 Å². The molecule has 0 aliphatic carbocycles. The Morgan fingerprint density at radius 2 is 2.00 bits per heavy atom. The molecular weight excluding hydrogens is 264 g/mol. The average molecular weight is 285 g/mol. The van der Waals surface area contributed by atoms with Crippen molar-refractivity contribution in [2.45, 2.75) is 32.2 Å². The van der Waals surface area contributed by atoms with Crippen LogP contribution in [0.2, 0.25) is 5.02 Å². The Labute approximate surface area is 118 Å². The third-order valence-electron chi connectivity index (χ3n) is 2.91. The molecule has 1 aromatic rings. The number of primary amides is 1. The second-order valence-corrected chi connectivity index (χ2v) is 4.89. The van der Waals surface area contributed by atoms with Crippen molar-refractivity contribution in [3.05, 3.63) is 34.3 Å². The predicted molar refractivity (Wildman–Crippen MR) is 77.2 cm³/mol. The average Bonchev–Trinajstić information content (AvgIpc) is 2.39. The molecule has 0 unspecified atom stereocenters. The van der Waals surface area contributed by atoms with Gasteiger partial charge >= 0.3 is 0 Å². The van der Waals surface area contributed by atoms with Gasteiger partial charge in [-0.2, -0.15) is 0 Å². The Hall–Kier alpha value is -1.10. The normalized spacial score (nSPS) is 10.6. The highest BCUT2D eigenvalue weighted by molar-refractivity contribution is 6.31. The number of nitrogens with one attached hydrogen (secondary N) is 1. The van der Waals surface area contributed by atoms with Gasteiger partial charge in [-0.05, 0) is 37.1 Å². The van der Waals surface area contributed by atoms with Gasteiger partial charge in [0.15, 0.2) is 0 Å². The van der Waals surface area contributed by atoms with Crippen LogP contribution in [-0.2, 0) is 6.54 Å². The van der Waals surface area contributed by atoms with Crippen molar-refractivity contribution < 1.29 is 9.90 Å². The molecular formula is C14H21ClN2O2. The summed E-state index contributed by atoms with van der Waals surface area (Å²) < 4.78 is 0. The molecule has 0 aliphatic heterocycles. The number of halogens is 1. The van der Waals surface area contributed by atoms with Crippen LogP contribution in [0, 0.1) is 0 Å². The van der Waals surface area contributed by atoms with E-state index in [9.17, 15) is 4.79 Å². The Balaban J connectivity index is 2.28. The van der Waals surface area contributed by atoms with Gasteiger partial charge in [0.25, 0.3) is 0 Å². The number of amides is 1. The van der Waals surface area contributed by atoms with Crippen LogP contribution in [-0.4, -0.2) is 24.2 Å². The van der Waals surface area contributed by atoms with Crippen LogP contribution in [0.1, 0.15) is 41.6 Å². The van der Waals surface area contributed by atoms with E-state index in [1.165, 1.54) is 0 Å². The maximum atomic E-state index is 11.0. The van der Waals surface area contributed by atoms with Gasteiger partial charge in [-0.3, -0.25) is 4.79 Å². The van der Waals surface area contributed by atoms with E-state index in [0.717, 1.165) is 37.8 Å². The molecule has 4 N–H and O–H groups in total. The Bertz CT molecular complexity index is 410. The minimum absolute atomic E-state index is 0.273. The molecule has 19 heavy (non-hydrogen) atoms. The van der Waals surface area contributed by atoms with E-state index in [2.05, 4.69) is 5.32 Å². The highest BCUT2D eigenvalue weighted by Crippen LogP contribution is 2.17. The SMILES string of the molecule is NC(=O)c1ccc(CNCCCCCCO)c(Cl)c1. The summed E-state index contributed by atoms with van der Waals surface area (Å²) >= 11 is 6.08. The molecule has 1 amide bonds. The molecule has 0 heterocycles. The monoisotopic (exact) mass is 284 g/mol. The number of unbranched alkanes of at least 4 members (excludes halogenated alkanes) is 3. The molecule has 0 atom stereocenters. The molecule has 106 valence electrons. The van der Waals surface area contributed by atoms with Crippen molar-refractivity contribution in [3.63, 3.8) is 0 Å². The maximum Gasteiger partial charge on any atom is 0.248 e. The molecule has 0 saturated heterocycles. The summed E-state index contributed by atoms with van der Waals surface area (Å²) in [5.74, 6) is -0.467. The van der Waals surface area contributed by atoms with E-state index < -0.39 is 5.91 Å². The Kier molecular flexibility index (Phi) is 7.48. The summed E-state index contributed by atoms with van der Waals surface area (Å²) in [6.07, 6.45) is 4.13. The first-order valence-corrected chi connectivity index (χ1v) is 6.92. The molecule has 0 saturated carbocycles. The van der Waals surface area contributed by atoms with Crippen molar-refractivity contribution in [3.8, 4) is 0 Å². The quantitative estimate of drug-likeness (QED) is 0.608. The van der Waals surface area contributed by atoms with E-state index in [1.807, 2.05) is 6.07 Å². The van der Waals surface area contributed by atoms with Crippen molar-refractivity contribution >= 4 is 17.5 Å². The summed E-state index contributed by atoms with van der Waals surface area (Å²) in [6, 6.07) is 5.11. The van der Waals surface area contributed by atoms with E-state index >= 15 is 0 Å². The number of rotatable bonds is 9. The number of carbonyl (C=O) groups is 1. The maximum absolute atomic E-state index is 11.0. The predicted octanol–water partition coefficient (Wildman–Crippen LogP) is 2.08. The van der Waals surface area contributed by atoms with Crippen LogP contribution < -0.4 is 11.1 Å². The Morgan fingerprint density at radius 3 is 2.63 bits per heavy atom. The summed E-state index contributed by atoms with van der Waals surface area (Å²) in [4.78, 5) is 11.0. The van der Waals surface area contributed by atoms with E-state index in [-0.39, 0.29) is 6.61 Å². The van der Waals surface area contributed by atoms with Gasteiger partial charge in [0, 0.05) is 23.7 Å². The number of nitrogens with two attached hydrogens (primary N) is 1. The van der Waals surface area contributed by atoms with Gasteiger partial charge in [0.1, 0.15) is 0 Å². The van der Waals surface area contributed by atoms with Crippen molar-refractivity contribution in [2.24, 2.45) is 5.73 Å². The molecule has 0 aliphatic rings. The van der Waals surface area contributed by atoms with E-state index in [1.54, 1.807) is 12.1 Å². The first kappa shape index (κ1) is 16.0. The lowest BCUT2D eigenvalue weighted by atomic mass is 10.1. The molecule has 0 aromatic heterocycles. The molecule has 4 nitrogen and oxygen atoms in total. The number of carbonyl (C=O) groups excluding carboxylic acids is 1. The fourth-order valence-corrected chi connectivity index (χ4v) is 2.03. The first-order chi connectivity index (χ1) is 9.15. The lowest BCUT2D eigenvalue weighted by Gasteiger charge is -2.07. The van der Waals surface area contributed by atoms with Crippen LogP contribution in [0.25, 0.3) is 0 Å². The van der Waals surface area contributed by atoms with Crippen molar-refractivity contribution in [1.29, 1.82) is 0 Å². The largest absolute Gasteiger partial charge is 0.396 e. The second-order valence-electron chi connectivity index (χ2n) is 4.49. The van der Waals surface area contributed by atoms with Gasteiger partial charge in [0.05, 0.1) is 0 Å². The van der Waals surface area contributed by atoms with Crippen LogP contribution >= 0.6 is 11.6 Å². The van der Waals surface area contributed by atoms with Gasteiger partial charge in [-0.25, -0.2) is 0 Å². The minimum atomic E-state index is -0.467. The lowest BCUT2D eigenvalue weighted by Crippen LogP contribution is -2.16. The van der Waals surface area contributed by atoms with E-state index in [4.69, 9.17) is 22.4 Å². The molecule has 0 radical (unpaired) electrons. The van der Waals surface area contributed by atoms with Gasteiger partial charge in [-0.1, -0.05) is 30.5 Å². The van der Waals surface area contributed by atoms with Crippen molar-refractivity contribution in [2.75, 3.05) is 13.2 Å². The minimum Gasteiger partial charge on any atom is -0.396 e. The van der Waals surface area contributed by atoms with Gasteiger partial charge < -0.3 is 16.2 Å². The van der Waals surface area contributed by atoms with Crippen LogP contribution in [0.4, 0.5) is 0 Å². The summed E-state index contributed by atoms with van der Waals surface area (Å²) in [6.45, 7) is 1.87. The highest BCUT2D eigenvalue weighted by Gasteiger charge is 2.05. The zero-order valence-electron chi connectivity index (χ0n) is 11.0. The van der Waals surface area contributed by atoms with E-state index in [0.29, 0.717) is 17.1 Å². The zero-order valence-corrected chi connectivity index (χ0v) is 11.7. The van der Waals surface area contributed by atoms with Gasteiger partial charge in [-0.15, -0.1) is 0 Å². The molecule has 0 bridgehead atoms. The third kappa shape index (κ3) is 6.05. The van der Waals surface area contributed by atoms with Crippen LogP contribution in [0.15, 0.2) is 18.2 Å². The Morgan fingerprint density at radius 1 is 1.26 bits per heavy atom. The fraction of sp³-hybridized carbons (Fsp3) is 0.500. The number of benzene rings is 1. The lowest BCUT2D eigenvalue weighted by molar-refractivity contribution is 0.100. The fourth-order valence-electron chi connectivity index (χ4n) is 1.78. The third-order valence-corrected chi connectivity index (χ3v) is 3.27. The standard InChI is InChI=1S/C14H21ClN2O2/c15-13-9-11(14(16)19)5-6-12(13)10-17-7-3-1-2-4-8-18/h5-6,9,17-18H,1-4,7-8,10H2,(H2,16,19). The zero-order chi connectivity index (χ0) is 14.1. The number of aliphatic hydroxyl groups excluding tert-OH is 1. The number of aliphatic hydroxyl groups is 1. The molecule has 1 rings (SSSR count). The molecule has 0 fully saturated rings. The number of hydrogen-bond acceptors (Lipinski definition) is 3. The van der Waals surface area contributed by atoms with Crippen molar-refractivity contribution in [1.82, 2.24) is 5.32 Å². The highest BCUT2D eigenvalue weighted by atomic mass is 35.5. The molecule has 5 heteroatoms. The number of hydrogen-bond donors (Lipinski definition) is 3. The summed E-state index contributed by atoms with van der Waals surface area (Å²) in [5, 5.41) is 12.5. The van der Waals surface area contributed by atoms with Gasteiger partial charge in [0.2, 0.25) is 5.91 Å². The first-order valence-electron chi connectivity index (χ1n) is 6.55. The summed E-state index contributed by atoms with van der Waals surface area (Å²) in [7, 11) is 0. The van der Waals surface area contributed by atoms with Crippen LogP contribution in [0.5, 0.6) is 0 Å². The molecule has 1 aromatic carbocycles. The molecule has 0 spiro atoms. The smallest absolute Gasteiger partial charge is 0.248 e. The van der Waals surface area contributed by atoms with Crippen LogP contribution in [0.3, 0.4) is 0 Å². The summed E-state index contributed by atoms with van der Waals surface area (Å²) in [5.41, 5.74) is 6.57. The second kappa shape index (κ2) is 8.91.